The molecule has 0 aliphatic heterocycles. The van der Waals surface area contributed by atoms with Gasteiger partial charge in [0.15, 0.2) is 5.75 Å². The van der Waals surface area contributed by atoms with E-state index in [4.69, 9.17) is 5.11 Å². The first-order chi connectivity index (χ1) is 11.4. The number of carbonyl (C=O) groups is 1. The van der Waals surface area contributed by atoms with Gasteiger partial charge in [0.2, 0.25) is 5.43 Å². The molecule has 1 N–H and O–H groups in total. The quantitative estimate of drug-likeness (QED) is 0.728. The molecule has 0 saturated heterocycles. The number of aromatic nitrogens is 1. The van der Waals surface area contributed by atoms with Gasteiger partial charge >= 0.3 is 6.16 Å². The smallest absolute Gasteiger partial charge is 0.449 e. The van der Waals surface area contributed by atoms with Gasteiger partial charge in [0.1, 0.15) is 17.5 Å². The van der Waals surface area contributed by atoms with Gasteiger partial charge in [-0.05, 0) is 30.3 Å². The maximum atomic E-state index is 14.1. The lowest BCUT2D eigenvalue weighted by Crippen LogP contribution is -2.16. The second kappa shape index (κ2) is 5.73. The van der Waals surface area contributed by atoms with E-state index in [0.29, 0.717) is 6.07 Å². The van der Waals surface area contributed by atoms with Crippen molar-refractivity contribution in [3.63, 3.8) is 0 Å². The highest BCUT2D eigenvalue weighted by molar-refractivity contribution is 5.82. The Morgan fingerprint density at radius 3 is 2.38 bits per heavy atom. The number of rotatable bonds is 2. The van der Waals surface area contributed by atoms with Crippen LogP contribution in [0.1, 0.15) is 0 Å². The van der Waals surface area contributed by atoms with Gasteiger partial charge in [-0.25, -0.2) is 18.0 Å². The summed E-state index contributed by atoms with van der Waals surface area (Å²) in [4.78, 5) is 22.9. The molecule has 0 atom stereocenters. The molecule has 3 aromatic rings. The van der Waals surface area contributed by atoms with Crippen LogP contribution in [0.2, 0.25) is 0 Å². The van der Waals surface area contributed by atoms with E-state index in [1.807, 2.05) is 0 Å². The van der Waals surface area contributed by atoms with Crippen molar-refractivity contribution in [3.8, 4) is 11.4 Å². The summed E-state index contributed by atoms with van der Waals surface area (Å²) in [6.45, 7) is 0. The predicted molar refractivity (Wildman–Crippen MR) is 78.1 cm³/mol. The fraction of sp³-hybridized carbons (Fsp3) is 0. The molecule has 8 heteroatoms. The molecule has 0 aliphatic carbocycles. The van der Waals surface area contributed by atoms with E-state index in [0.717, 1.165) is 41.1 Å². The topological polar surface area (TPSA) is 68.5 Å². The molecule has 0 amide bonds. The SMILES string of the molecule is O=C(O)Oc1cn(-c2ccc(F)cc2F)c2cc(F)ccc2c1=O. The van der Waals surface area contributed by atoms with E-state index in [1.54, 1.807) is 0 Å². The summed E-state index contributed by atoms with van der Waals surface area (Å²) in [5.41, 5.74) is -1.03. The van der Waals surface area contributed by atoms with Crippen LogP contribution >= 0.6 is 0 Å². The third-order valence-electron chi connectivity index (χ3n) is 3.30. The monoisotopic (exact) mass is 335 g/mol. The first kappa shape index (κ1) is 15.6. The Bertz CT molecular complexity index is 1030. The second-order valence-electron chi connectivity index (χ2n) is 4.82. The molecule has 24 heavy (non-hydrogen) atoms. The van der Waals surface area contributed by atoms with E-state index in [1.165, 1.54) is 0 Å². The zero-order valence-electron chi connectivity index (χ0n) is 11.8. The number of nitrogens with zero attached hydrogens (tertiary/aromatic N) is 1. The van der Waals surface area contributed by atoms with Crippen molar-refractivity contribution >= 4 is 17.1 Å². The van der Waals surface area contributed by atoms with Crippen LogP contribution in [0, 0.1) is 17.5 Å². The van der Waals surface area contributed by atoms with Crippen molar-refractivity contribution in [1.29, 1.82) is 0 Å². The van der Waals surface area contributed by atoms with Crippen molar-refractivity contribution in [1.82, 2.24) is 4.57 Å². The first-order valence-corrected chi connectivity index (χ1v) is 6.58. The number of halogens is 3. The van der Waals surface area contributed by atoms with Crippen LogP contribution in [0.25, 0.3) is 16.6 Å². The molecular formula is C16H8F3NO4. The number of ether oxygens (including phenoxy) is 1. The molecule has 0 bridgehead atoms. The second-order valence-corrected chi connectivity index (χ2v) is 4.82. The molecule has 122 valence electrons. The summed E-state index contributed by atoms with van der Waals surface area (Å²) < 4.78 is 46.1. The average molecular weight is 335 g/mol. The Morgan fingerprint density at radius 1 is 1.04 bits per heavy atom. The molecular weight excluding hydrogens is 327 g/mol. The van der Waals surface area contributed by atoms with Crippen LogP contribution < -0.4 is 10.2 Å². The molecule has 0 spiro atoms. The molecule has 0 saturated carbocycles. The first-order valence-electron chi connectivity index (χ1n) is 6.58. The Morgan fingerprint density at radius 2 is 1.71 bits per heavy atom. The number of hydrogen-bond acceptors (Lipinski definition) is 3. The third kappa shape index (κ3) is 2.69. The van der Waals surface area contributed by atoms with Gasteiger partial charge in [-0.3, -0.25) is 4.79 Å². The van der Waals surface area contributed by atoms with Crippen LogP contribution in [0.5, 0.6) is 5.75 Å². The lowest BCUT2D eigenvalue weighted by Gasteiger charge is -2.13. The minimum Gasteiger partial charge on any atom is -0.449 e. The highest BCUT2D eigenvalue weighted by Gasteiger charge is 2.16. The highest BCUT2D eigenvalue weighted by atomic mass is 19.1. The molecule has 0 aliphatic rings. The summed E-state index contributed by atoms with van der Waals surface area (Å²) in [5.74, 6) is -3.09. The van der Waals surface area contributed by atoms with E-state index < -0.39 is 34.8 Å². The van der Waals surface area contributed by atoms with Crippen molar-refractivity contribution < 1.29 is 27.8 Å². The molecule has 5 nitrogen and oxygen atoms in total. The largest absolute Gasteiger partial charge is 0.511 e. The van der Waals surface area contributed by atoms with E-state index in [9.17, 15) is 22.8 Å². The van der Waals surface area contributed by atoms with Gasteiger partial charge in [-0.2, -0.15) is 0 Å². The summed E-state index contributed by atoms with van der Waals surface area (Å²) in [7, 11) is 0. The summed E-state index contributed by atoms with van der Waals surface area (Å²) in [6.07, 6.45) is -0.825. The summed E-state index contributed by atoms with van der Waals surface area (Å²) in [6, 6.07) is 5.75. The molecule has 1 heterocycles. The van der Waals surface area contributed by atoms with Crippen LogP contribution in [-0.4, -0.2) is 15.8 Å². The molecule has 0 radical (unpaired) electrons. The lowest BCUT2D eigenvalue weighted by atomic mass is 10.1. The minimum absolute atomic E-state index is 0.0248. The number of pyridine rings is 1. The van der Waals surface area contributed by atoms with Crippen LogP contribution in [0.4, 0.5) is 18.0 Å². The Labute approximate surface area is 132 Å². The van der Waals surface area contributed by atoms with Gasteiger partial charge in [0.25, 0.3) is 0 Å². The van der Waals surface area contributed by atoms with Crippen molar-refractivity contribution in [3.05, 3.63) is 70.3 Å². The zero-order valence-corrected chi connectivity index (χ0v) is 11.8. The number of carboxylic acid groups (broad SMARTS) is 1. The predicted octanol–water partition coefficient (Wildman–Crippen LogP) is 3.46. The van der Waals surface area contributed by atoms with E-state index in [2.05, 4.69) is 4.74 Å². The number of hydrogen-bond donors (Lipinski definition) is 1. The molecule has 0 fully saturated rings. The van der Waals surface area contributed by atoms with Crippen molar-refractivity contribution in [2.45, 2.75) is 0 Å². The van der Waals surface area contributed by atoms with Gasteiger partial charge in [0.05, 0.1) is 22.8 Å². The van der Waals surface area contributed by atoms with Crippen molar-refractivity contribution in [2.75, 3.05) is 0 Å². The maximum Gasteiger partial charge on any atom is 0.511 e. The van der Waals surface area contributed by atoms with Crippen LogP contribution in [0.3, 0.4) is 0 Å². The maximum absolute atomic E-state index is 14.1. The molecule has 3 rings (SSSR count). The summed E-state index contributed by atoms with van der Waals surface area (Å²) in [5, 5.41) is 8.62. The fourth-order valence-electron chi connectivity index (χ4n) is 2.32. The van der Waals surface area contributed by atoms with Gasteiger partial charge < -0.3 is 14.4 Å². The number of fused-ring (bicyclic) bond motifs is 1. The standard InChI is InChI=1S/C16H8F3NO4/c17-8-2-4-12(11(19)5-8)20-7-14(24-16(22)23)15(21)10-3-1-9(18)6-13(10)20/h1-7H,(H,22,23). The molecule has 0 unspecified atom stereocenters. The van der Waals surface area contributed by atoms with E-state index >= 15 is 0 Å². The Balaban J connectivity index is 2.40. The fourth-order valence-corrected chi connectivity index (χ4v) is 2.32. The molecule has 1 aromatic heterocycles. The van der Waals surface area contributed by atoms with E-state index in [-0.39, 0.29) is 16.6 Å². The average Bonchev–Trinajstić information content (AvgIpc) is 2.50. The van der Waals surface area contributed by atoms with Gasteiger partial charge in [0, 0.05) is 6.07 Å². The van der Waals surface area contributed by atoms with Crippen molar-refractivity contribution in [2.24, 2.45) is 0 Å². The zero-order chi connectivity index (χ0) is 17.4. The number of benzene rings is 2. The molecule has 2 aromatic carbocycles. The minimum atomic E-state index is -1.74. The van der Waals surface area contributed by atoms with Crippen LogP contribution in [-0.2, 0) is 0 Å². The third-order valence-corrected chi connectivity index (χ3v) is 3.30. The lowest BCUT2D eigenvalue weighted by molar-refractivity contribution is 0.144. The summed E-state index contributed by atoms with van der Waals surface area (Å²) >= 11 is 0. The Hall–Kier alpha value is -3.29. The normalized spacial score (nSPS) is 10.8. The highest BCUT2D eigenvalue weighted by Crippen LogP contribution is 2.23. The van der Waals surface area contributed by atoms with Gasteiger partial charge in [-0.15, -0.1) is 0 Å². The van der Waals surface area contributed by atoms with Crippen LogP contribution in [0.15, 0.2) is 47.4 Å². The van der Waals surface area contributed by atoms with Gasteiger partial charge in [-0.1, -0.05) is 0 Å². The Kier molecular flexibility index (Phi) is 3.72.